The van der Waals surface area contributed by atoms with Crippen LogP contribution >= 0.6 is 0 Å². The van der Waals surface area contributed by atoms with Gasteiger partial charge < -0.3 is 0 Å². The van der Waals surface area contributed by atoms with Crippen LogP contribution in [0.1, 0.15) is 42.5 Å². The SMILES string of the molecule is O=C(c1cc(F)cc(F)c1)C1CC2CCCC(C1)S2(=O)=O. The molecular weight excluding hydrogens is 298 g/mol. The monoisotopic (exact) mass is 314 g/mol. The highest BCUT2D eigenvalue weighted by atomic mass is 32.2. The normalized spacial score (nSPS) is 30.9. The van der Waals surface area contributed by atoms with Gasteiger partial charge in [-0.1, -0.05) is 6.42 Å². The second-order valence-corrected chi connectivity index (χ2v) is 8.47. The zero-order valence-corrected chi connectivity index (χ0v) is 12.2. The first-order chi connectivity index (χ1) is 9.88. The van der Waals surface area contributed by atoms with E-state index in [0.717, 1.165) is 24.6 Å². The average Bonchev–Trinajstić information content (AvgIpc) is 2.35. The smallest absolute Gasteiger partial charge is 0.166 e. The van der Waals surface area contributed by atoms with Gasteiger partial charge in [0.1, 0.15) is 11.6 Å². The fourth-order valence-corrected chi connectivity index (χ4v) is 6.09. The van der Waals surface area contributed by atoms with Crippen LogP contribution in [0.3, 0.4) is 0 Å². The van der Waals surface area contributed by atoms with Crippen molar-refractivity contribution in [3.8, 4) is 0 Å². The number of fused-ring (bicyclic) bond motifs is 2. The molecule has 0 amide bonds. The first kappa shape index (κ1) is 14.6. The third kappa shape index (κ3) is 2.61. The van der Waals surface area contributed by atoms with Crippen molar-refractivity contribution in [2.75, 3.05) is 0 Å². The molecule has 2 saturated heterocycles. The summed E-state index contributed by atoms with van der Waals surface area (Å²) < 4.78 is 50.8. The molecule has 0 spiro atoms. The summed E-state index contributed by atoms with van der Waals surface area (Å²) in [4.78, 5) is 12.4. The molecule has 3 rings (SSSR count). The average molecular weight is 314 g/mol. The van der Waals surface area contributed by atoms with Crippen LogP contribution in [0.2, 0.25) is 0 Å². The van der Waals surface area contributed by atoms with E-state index >= 15 is 0 Å². The lowest BCUT2D eigenvalue weighted by molar-refractivity contribution is 0.0893. The molecule has 1 aromatic rings. The third-order valence-electron chi connectivity index (χ3n) is 4.59. The van der Waals surface area contributed by atoms with Crippen LogP contribution in [0, 0.1) is 17.6 Å². The summed E-state index contributed by atoms with van der Waals surface area (Å²) in [5.41, 5.74) is -0.00475. The van der Waals surface area contributed by atoms with Crippen LogP contribution in [0.4, 0.5) is 8.78 Å². The van der Waals surface area contributed by atoms with Gasteiger partial charge in [0.2, 0.25) is 0 Å². The van der Waals surface area contributed by atoms with Crippen molar-refractivity contribution in [3.05, 3.63) is 35.4 Å². The quantitative estimate of drug-likeness (QED) is 0.789. The molecule has 0 saturated carbocycles. The lowest BCUT2D eigenvalue weighted by Gasteiger charge is -2.38. The summed E-state index contributed by atoms with van der Waals surface area (Å²) in [6.45, 7) is 0. The summed E-state index contributed by atoms with van der Waals surface area (Å²) in [7, 11) is -3.13. The highest BCUT2D eigenvalue weighted by molar-refractivity contribution is 7.92. The Morgan fingerprint density at radius 2 is 1.52 bits per heavy atom. The van der Waals surface area contributed by atoms with Crippen molar-refractivity contribution >= 4 is 15.6 Å². The van der Waals surface area contributed by atoms with Gasteiger partial charge in [0.25, 0.3) is 0 Å². The molecule has 21 heavy (non-hydrogen) atoms. The van der Waals surface area contributed by atoms with Crippen molar-refractivity contribution in [2.24, 2.45) is 5.92 Å². The van der Waals surface area contributed by atoms with Crippen LogP contribution in [-0.4, -0.2) is 24.7 Å². The Labute approximate surface area is 122 Å². The van der Waals surface area contributed by atoms with E-state index < -0.39 is 37.9 Å². The third-order valence-corrected chi connectivity index (χ3v) is 7.31. The predicted molar refractivity (Wildman–Crippen MR) is 73.8 cm³/mol. The van der Waals surface area contributed by atoms with Crippen LogP contribution in [0.15, 0.2) is 18.2 Å². The summed E-state index contributed by atoms with van der Waals surface area (Å²) in [5.74, 6) is -2.38. The number of hydrogen-bond donors (Lipinski definition) is 0. The number of benzene rings is 1. The number of sulfone groups is 1. The maximum atomic E-state index is 13.2. The van der Waals surface area contributed by atoms with Crippen molar-refractivity contribution in [1.29, 1.82) is 0 Å². The molecule has 0 N–H and O–H groups in total. The molecule has 0 aliphatic carbocycles. The Morgan fingerprint density at radius 3 is 2.05 bits per heavy atom. The predicted octanol–water partition coefficient (Wildman–Crippen LogP) is 2.89. The standard InChI is InChI=1S/C15H16F2O3S/c16-11-4-9(5-12(17)8-11)15(18)10-6-13-2-1-3-14(7-10)21(13,19)20/h4-5,8,10,13-14H,1-3,6-7H2. The molecule has 0 radical (unpaired) electrons. The fraction of sp³-hybridized carbons (Fsp3) is 0.533. The Bertz CT molecular complexity index is 644. The molecule has 3 nitrogen and oxygen atoms in total. The highest BCUT2D eigenvalue weighted by Crippen LogP contribution is 2.40. The highest BCUT2D eigenvalue weighted by Gasteiger charge is 2.46. The summed E-state index contributed by atoms with van der Waals surface area (Å²) in [5, 5.41) is -0.949. The van der Waals surface area contributed by atoms with E-state index in [1.807, 2.05) is 0 Å². The van der Waals surface area contributed by atoms with Crippen molar-refractivity contribution in [3.63, 3.8) is 0 Å². The maximum absolute atomic E-state index is 13.2. The second-order valence-electron chi connectivity index (χ2n) is 5.95. The zero-order chi connectivity index (χ0) is 15.2. The van der Waals surface area contributed by atoms with Crippen LogP contribution < -0.4 is 0 Å². The molecule has 2 atom stereocenters. The lowest BCUT2D eigenvalue weighted by atomic mass is 9.84. The van der Waals surface area contributed by atoms with Gasteiger partial charge in [0.15, 0.2) is 15.6 Å². The lowest BCUT2D eigenvalue weighted by Crippen LogP contribution is -2.45. The molecule has 6 heteroatoms. The molecule has 2 bridgehead atoms. The Hall–Kier alpha value is -1.30. The Balaban J connectivity index is 1.87. The minimum Gasteiger partial charge on any atom is -0.294 e. The number of carbonyl (C=O) groups is 1. The van der Waals surface area contributed by atoms with Gasteiger partial charge >= 0.3 is 0 Å². The van der Waals surface area contributed by atoms with Gasteiger partial charge in [0, 0.05) is 17.5 Å². The van der Waals surface area contributed by atoms with Crippen LogP contribution in [-0.2, 0) is 9.84 Å². The molecule has 2 unspecified atom stereocenters. The van der Waals surface area contributed by atoms with Gasteiger partial charge in [0.05, 0.1) is 10.5 Å². The molecule has 1 aromatic carbocycles. The van der Waals surface area contributed by atoms with Gasteiger partial charge in [-0.25, -0.2) is 17.2 Å². The molecule has 2 heterocycles. The minimum absolute atomic E-state index is 0.00475. The van der Waals surface area contributed by atoms with E-state index in [4.69, 9.17) is 0 Å². The van der Waals surface area contributed by atoms with Gasteiger partial charge in [-0.2, -0.15) is 0 Å². The zero-order valence-electron chi connectivity index (χ0n) is 11.4. The number of rotatable bonds is 2. The van der Waals surface area contributed by atoms with Gasteiger partial charge in [-0.05, 0) is 37.8 Å². The van der Waals surface area contributed by atoms with E-state index in [1.165, 1.54) is 0 Å². The molecule has 2 fully saturated rings. The largest absolute Gasteiger partial charge is 0.294 e. The maximum Gasteiger partial charge on any atom is 0.166 e. The molecule has 2 aliphatic heterocycles. The number of halogens is 2. The summed E-state index contributed by atoms with van der Waals surface area (Å²) in [6.07, 6.45) is 2.58. The number of ketones is 1. The van der Waals surface area contributed by atoms with E-state index in [-0.39, 0.29) is 24.2 Å². The van der Waals surface area contributed by atoms with Crippen LogP contribution in [0.25, 0.3) is 0 Å². The van der Waals surface area contributed by atoms with E-state index in [0.29, 0.717) is 12.8 Å². The van der Waals surface area contributed by atoms with E-state index in [1.54, 1.807) is 0 Å². The topological polar surface area (TPSA) is 51.2 Å². The van der Waals surface area contributed by atoms with Gasteiger partial charge in [-0.15, -0.1) is 0 Å². The van der Waals surface area contributed by atoms with Crippen LogP contribution in [0.5, 0.6) is 0 Å². The summed E-state index contributed by atoms with van der Waals surface area (Å²) in [6, 6.07) is 2.76. The van der Waals surface area contributed by atoms with Crippen molar-refractivity contribution < 1.29 is 22.0 Å². The fourth-order valence-electron chi connectivity index (χ4n) is 3.55. The van der Waals surface area contributed by atoms with E-state index in [2.05, 4.69) is 0 Å². The van der Waals surface area contributed by atoms with E-state index in [9.17, 15) is 22.0 Å². The minimum atomic E-state index is -3.13. The summed E-state index contributed by atoms with van der Waals surface area (Å²) >= 11 is 0. The molecule has 2 aliphatic rings. The van der Waals surface area contributed by atoms with Crippen molar-refractivity contribution in [1.82, 2.24) is 0 Å². The Morgan fingerprint density at radius 1 is 1.00 bits per heavy atom. The second kappa shape index (κ2) is 5.16. The van der Waals surface area contributed by atoms with Crippen molar-refractivity contribution in [2.45, 2.75) is 42.6 Å². The first-order valence-corrected chi connectivity index (χ1v) is 8.72. The Kier molecular flexibility index (Phi) is 3.59. The first-order valence-electron chi connectivity index (χ1n) is 7.11. The molecule has 114 valence electrons. The number of Topliss-reactive ketones (excluding diaryl/α,β-unsaturated/α-hetero) is 1. The number of carbonyl (C=O) groups excluding carboxylic acids is 1. The molecule has 0 aromatic heterocycles. The number of hydrogen-bond acceptors (Lipinski definition) is 3. The molecular formula is C15H16F2O3S. The van der Waals surface area contributed by atoms with Gasteiger partial charge in [-0.3, -0.25) is 4.79 Å².